The number of hydrogen-bond donors (Lipinski definition) is 2. The molecule has 1 aliphatic rings. The van der Waals surface area contributed by atoms with Crippen LogP contribution in [0.4, 0.5) is 0 Å². The normalized spacial score (nSPS) is 20.4. The molecule has 0 bridgehead atoms. The largest absolute Gasteiger partial charge is 0.394 e. The van der Waals surface area contributed by atoms with Crippen LogP contribution in [-0.2, 0) is 0 Å². The van der Waals surface area contributed by atoms with E-state index in [0.29, 0.717) is 11.9 Å². The average Bonchev–Trinajstić information content (AvgIpc) is 2.78. The van der Waals surface area contributed by atoms with E-state index in [0.717, 1.165) is 0 Å². The van der Waals surface area contributed by atoms with E-state index in [1.165, 1.54) is 32.1 Å². The van der Waals surface area contributed by atoms with Gasteiger partial charge in [-0.2, -0.15) is 0 Å². The summed E-state index contributed by atoms with van der Waals surface area (Å²) >= 11 is 0. The zero-order valence-corrected chi connectivity index (χ0v) is 8.84. The van der Waals surface area contributed by atoms with E-state index in [-0.39, 0.29) is 6.61 Å². The van der Waals surface area contributed by atoms with Crippen LogP contribution in [0.15, 0.2) is 6.33 Å². The van der Waals surface area contributed by atoms with Crippen LogP contribution in [-0.4, -0.2) is 26.5 Å². The Labute approximate surface area is 89.3 Å². The van der Waals surface area contributed by atoms with Crippen molar-refractivity contribution < 1.29 is 5.11 Å². The lowest BCUT2D eigenvalue weighted by molar-refractivity contribution is 0.253. The first-order valence-electron chi connectivity index (χ1n) is 5.58. The molecule has 1 aromatic heterocycles. The molecule has 0 spiro atoms. The monoisotopic (exact) mass is 210 g/mol. The molecular weight excluding hydrogens is 192 g/mol. The molecule has 2 rings (SSSR count). The van der Waals surface area contributed by atoms with Crippen LogP contribution in [0.1, 0.15) is 50.0 Å². The highest BCUT2D eigenvalue weighted by Gasteiger charge is 2.21. The Kier molecular flexibility index (Phi) is 3.33. The van der Waals surface area contributed by atoms with Crippen molar-refractivity contribution in [2.45, 2.75) is 44.2 Å². The molecule has 1 fully saturated rings. The van der Waals surface area contributed by atoms with E-state index in [1.54, 1.807) is 6.33 Å². The molecular formula is C10H18N4O. The average molecular weight is 210 g/mol. The summed E-state index contributed by atoms with van der Waals surface area (Å²) in [4.78, 5) is 0. The molecule has 1 atom stereocenters. The van der Waals surface area contributed by atoms with Gasteiger partial charge in [-0.15, -0.1) is 10.2 Å². The second kappa shape index (κ2) is 4.72. The highest BCUT2D eigenvalue weighted by atomic mass is 16.3. The molecule has 0 radical (unpaired) electrons. The third-order valence-electron chi connectivity index (χ3n) is 3.10. The summed E-state index contributed by atoms with van der Waals surface area (Å²) < 4.78 is 2.04. The Balaban J connectivity index is 2.15. The number of aliphatic hydroxyl groups is 1. The molecule has 1 heterocycles. The van der Waals surface area contributed by atoms with E-state index in [1.807, 2.05) is 4.57 Å². The van der Waals surface area contributed by atoms with Gasteiger partial charge in [-0.05, 0) is 12.8 Å². The minimum atomic E-state index is -0.408. The third-order valence-corrected chi connectivity index (χ3v) is 3.10. The van der Waals surface area contributed by atoms with Gasteiger partial charge in [0.05, 0.1) is 12.6 Å². The number of nitrogens with zero attached hydrogens (tertiary/aromatic N) is 3. The zero-order chi connectivity index (χ0) is 10.7. The topological polar surface area (TPSA) is 77.0 Å². The van der Waals surface area contributed by atoms with Crippen molar-refractivity contribution in [2.75, 3.05) is 6.61 Å². The molecule has 84 valence electrons. The Morgan fingerprint density at radius 3 is 2.87 bits per heavy atom. The van der Waals surface area contributed by atoms with Gasteiger partial charge in [-0.3, -0.25) is 0 Å². The fraction of sp³-hybridized carbons (Fsp3) is 0.800. The molecule has 0 unspecified atom stereocenters. The van der Waals surface area contributed by atoms with Crippen molar-refractivity contribution in [3.05, 3.63) is 12.2 Å². The third kappa shape index (κ3) is 2.18. The molecule has 5 nitrogen and oxygen atoms in total. The van der Waals surface area contributed by atoms with E-state index >= 15 is 0 Å². The summed E-state index contributed by atoms with van der Waals surface area (Å²) in [7, 11) is 0. The standard InChI is InChI=1S/C10H18N4O/c11-9(6-15)10-13-12-7-14(10)8-4-2-1-3-5-8/h7-9,15H,1-6,11H2/t9-/m0/s1. The smallest absolute Gasteiger partial charge is 0.152 e. The lowest BCUT2D eigenvalue weighted by atomic mass is 9.95. The van der Waals surface area contributed by atoms with Gasteiger partial charge < -0.3 is 15.4 Å². The van der Waals surface area contributed by atoms with Crippen molar-refractivity contribution >= 4 is 0 Å². The number of aromatic nitrogens is 3. The van der Waals surface area contributed by atoms with Crippen molar-refractivity contribution in [2.24, 2.45) is 5.73 Å². The summed E-state index contributed by atoms with van der Waals surface area (Å²) in [5.41, 5.74) is 5.77. The van der Waals surface area contributed by atoms with Crippen molar-refractivity contribution in [3.63, 3.8) is 0 Å². The minimum Gasteiger partial charge on any atom is -0.394 e. The second-order valence-corrected chi connectivity index (χ2v) is 4.18. The maximum absolute atomic E-state index is 9.02. The summed E-state index contributed by atoms with van der Waals surface area (Å²) in [6, 6.07) is 0.0655. The molecule has 1 aromatic rings. The number of rotatable bonds is 3. The molecule has 3 N–H and O–H groups in total. The fourth-order valence-electron chi connectivity index (χ4n) is 2.24. The molecule has 5 heteroatoms. The first-order chi connectivity index (χ1) is 7.33. The molecule has 0 aliphatic heterocycles. The van der Waals surface area contributed by atoms with Gasteiger partial charge in [-0.25, -0.2) is 0 Å². The highest BCUT2D eigenvalue weighted by Crippen LogP contribution is 2.29. The van der Waals surface area contributed by atoms with Crippen molar-refractivity contribution in [3.8, 4) is 0 Å². The van der Waals surface area contributed by atoms with Gasteiger partial charge in [0, 0.05) is 6.04 Å². The predicted molar refractivity (Wildman–Crippen MR) is 56.2 cm³/mol. The molecule has 0 amide bonds. The number of hydrogen-bond acceptors (Lipinski definition) is 4. The lowest BCUT2D eigenvalue weighted by Crippen LogP contribution is -2.23. The molecule has 0 aromatic carbocycles. The Morgan fingerprint density at radius 2 is 2.20 bits per heavy atom. The van der Waals surface area contributed by atoms with Crippen LogP contribution >= 0.6 is 0 Å². The quantitative estimate of drug-likeness (QED) is 0.772. The highest BCUT2D eigenvalue weighted by molar-refractivity contribution is 4.96. The van der Waals surface area contributed by atoms with Crippen LogP contribution in [0, 0.1) is 0 Å². The van der Waals surface area contributed by atoms with Gasteiger partial charge >= 0.3 is 0 Å². The number of nitrogens with two attached hydrogens (primary N) is 1. The van der Waals surface area contributed by atoms with E-state index in [4.69, 9.17) is 10.8 Å². The van der Waals surface area contributed by atoms with Crippen LogP contribution in [0.2, 0.25) is 0 Å². The Morgan fingerprint density at radius 1 is 1.47 bits per heavy atom. The Hall–Kier alpha value is -0.940. The van der Waals surface area contributed by atoms with Gasteiger partial charge in [0.2, 0.25) is 0 Å². The van der Waals surface area contributed by atoms with E-state index < -0.39 is 6.04 Å². The van der Waals surface area contributed by atoms with Gasteiger partial charge in [0.15, 0.2) is 5.82 Å². The van der Waals surface area contributed by atoms with Crippen LogP contribution in [0.5, 0.6) is 0 Å². The first-order valence-corrected chi connectivity index (χ1v) is 5.58. The Bertz CT molecular complexity index is 306. The van der Waals surface area contributed by atoms with Gasteiger partial charge in [0.25, 0.3) is 0 Å². The van der Waals surface area contributed by atoms with Gasteiger partial charge in [-0.1, -0.05) is 19.3 Å². The predicted octanol–water partition coefficient (Wildman–Crippen LogP) is 0.775. The van der Waals surface area contributed by atoms with Crippen molar-refractivity contribution in [1.29, 1.82) is 0 Å². The molecule has 1 saturated carbocycles. The van der Waals surface area contributed by atoms with E-state index in [2.05, 4.69) is 10.2 Å². The zero-order valence-electron chi connectivity index (χ0n) is 8.84. The lowest BCUT2D eigenvalue weighted by Gasteiger charge is -2.24. The minimum absolute atomic E-state index is 0.0780. The molecule has 15 heavy (non-hydrogen) atoms. The van der Waals surface area contributed by atoms with Gasteiger partial charge in [0.1, 0.15) is 6.33 Å². The molecule has 1 aliphatic carbocycles. The van der Waals surface area contributed by atoms with Crippen molar-refractivity contribution in [1.82, 2.24) is 14.8 Å². The van der Waals surface area contributed by atoms with Crippen LogP contribution in [0.25, 0.3) is 0 Å². The summed E-state index contributed by atoms with van der Waals surface area (Å²) in [6.07, 6.45) is 7.92. The fourth-order valence-corrected chi connectivity index (χ4v) is 2.24. The molecule has 0 saturated heterocycles. The number of aliphatic hydroxyl groups excluding tert-OH is 1. The maximum Gasteiger partial charge on any atom is 0.152 e. The summed E-state index contributed by atoms with van der Waals surface area (Å²) in [5, 5.41) is 16.9. The first kappa shape index (κ1) is 10.6. The van der Waals surface area contributed by atoms with Crippen LogP contribution in [0.3, 0.4) is 0 Å². The summed E-state index contributed by atoms with van der Waals surface area (Å²) in [6.45, 7) is -0.0780. The maximum atomic E-state index is 9.02. The SMILES string of the molecule is N[C@@H](CO)c1nncn1C1CCCCC1. The summed E-state index contributed by atoms with van der Waals surface area (Å²) in [5.74, 6) is 0.712. The van der Waals surface area contributed by atoms with Crippen LogP contribution < -0.4 is 5.73 Å². The second-order valence-electron chi connectivity index (χ2n) is 4.18. The van der Waals surface area contributed by atoms with E-state index in [9.17, 15) is 0 Å².